The molecule has 0 spiro atoms. The van der Waals surface area contributed by atoms with E-state index in [-0.39, 0.29) is 4.85 Å². The summed E-state index contributed by atoms with van der Waals surface area (Å²) in [6.07, 6.45) is 0.793. The summed E-state index contributed by atoms with van der Waals surface area (Å²) in [5, 5.41) is 11.4. The van der Waals surface area contributed by atoms with Crippen molar-refractivity contribution in [1.29, 1.82) is 0 Å². The van der Waals surface area contributed by atoms with Gasteiger partial charge in [-0.15, -0.1) is 5.10 Å². The van der Waals surface area contributed by atoms with Gasteiger partial charge in [-0.05, 0) is 4.85 Å². The molecule has 0 amide bonds. The third-order valence-electron chi connectivity index (χ3n) is 0.696. The molecule has 0 aliphatic carbocycles. The Morgan fingerprint density at radius 1 is 1.67 bits per heavy atom. The van der Waals surface area contributed by atoms with Crippen LogP contribution in [0.25, 0.3) is 0 Å². The van der Waals surface area contributed by atoms with Crippen molar-refractivity contribution >= 4 is 0 Å². The molecule has 1 aromatic heterocycles. The van der Waals surface area contributed by atoms with Crippen molar-refractivity contribution in [2.24, 2.45) is 0 Å². The second-order valence-electron chi connectivity index (χ2n) is 1.33. The Morgan fingerprint density at radius 3 is 2.78 bits per heavy atom. The van der Waals surface area contributed by atoms with Crippen LogP contribution in [0.3, 0.4) is 0 Å². The lowest BCUT2D eigenvalue weighted by molar-refractivity contribution is 0.128. The maximum atomic E-state index is 10.2. The highest BCUT2D eigenvalue weighted by Crippen LogP contribution is 1.50. The molecule has 9 heavy (non-hydrogen) atoms. The molecular formula is C3H3N3O3. The zero-order chi connectivity index (χ0) is 6.85. The normalized spacial score (nSPS) is 9.33. The van der Waals surface area contributed by atoms with E-state index in [2.05, 4.69) is 5.10 Å². The fraction of sp³-hybridized carbons (Fsp3) is 0. The van der Waals surface area contributed by atoms with E-state index in [0.29, 0.717) is 0 Å². The van der Waals surface area contributed by atoms with E-state index < -0.39 is 11.2 Å². The number of H-pyrrole nitrogens is 1. The molecule has 0 aliphatic heterocycles. The molecule has 0 saturated carbocycles. The Hall–Kier alpha value is -1.59. The topological polar surface area (TPSA) is 88.0 Å². The van der Waals surface area contributed by atoms with Gasteiger partial charge >= 0.3 is 5.69 Å². The lowest BCUT2D eigenvalue weighted by atomic mass is 10.9. The summed E-state index contributed by atoms with van der Waals surface area (Å²) in [6, 6.07) is 0. The van der Waals surface area contributed by atoms with Gasteiger partial charge in [-0.25, -0.2) is 4.79 Å². The largest absolute Gasteiger partial charge is 0.407 e. The van der Waals surface area contributed by atoms with Gasteiger partial charge in [-0.1, -0.05) is 0 Å². The van der Waals surface area contributed by atoms with E-state index in [1.807, 2.05) is 0 Å². The molecule has 0 unspecified atom stereocenters. The van der Waals surface area contributed by atoms with Gasteiger partial charge in [0.1, 0.15) is 6.20 Å². The standard InChI is InChI=1S/C3H3N3O3/c7-2-1-4-6(9)3(8)5-2/h1,9H,(H,5,7,8). The molecular weight excluding hydrogens is 126 g/mol. The summed E-state index contributed by atoms with van der Waals surface area (Å²) in [6.45, 7) is 0. The molecule has 0 radical (unpaired) electrons. The van der Waals surface area contributed by atoms with Gasteiger partial charge in [0.05, 0.1) is 0 Å². The van der Waals surface area contributed by atoms with Crippen molar-refractivity contribution in [2.45, 2.75) is 0 Å². The molecule has 48 valence electrons. The lowest BCUT2D eigenvalue weighted by Crippen LogP contribution is -2.29. The highest BCUT2D eigenvalue weighted by Gasteiger charge is 1.89. The molecule has 1 rings (SSSR count). The van der Waals surface area contributed by atoms with E-state index in [1.165, 1.54) is 0 Å². The predicted molar refractivity (Wildman–Crippen MR) is 26.3 cm³/mol. The minimum absolute atomic E-state index is 0.0431. The highest BCUT2D eigenvalue weighted by molar-refractivity contribution is 4.66. The zero-order valence-corrected chi connectivity index (χ0v) is 4.24. The summed E-state index contributed by atoms with van der Waals surface area (Å²) in [7, 11) is 0. The second-order valence-corrected chi connectivity index (χ2v) is 1.33. The van der Waals surface area contributed by atoms with Gasteiger partial charge in [-0.3, -0.25) is 9.78 Å². The molecule has 1 heterocycles. The maximum absolute atomic E-state index is 10.2. The molecule has 2 N–H and O–H groups in total. The zero-order valence-electron chi connectivity index (χ0n) is 4.24. The summed E-state index contributed by atoms with van der Waals surface area (Å²) in [4.78, 5) is 22.3. The first-order valence-corrected chi connectivity index (χ1v) is 2.08. The number of nitrogens with zero attached hydrogens (tertiary/aromatic N) is 2. The fourth-order valence-electron chi connectivity index (χ4n) is 0.347. The molecule has 0 aliphatic rings. The molecule has 0 bridgehead atoms. The van der Waals surface area contributed by atoms with Crippen LogP contribution in [-0.4, -0.2) is 20.1 Å². The Balaban J connectivity index is 3.52. The number of nitrogens with one attached hydrogen (secondary N) is 1. The Kier molecular flexibility index (Phi) is 1.07. The molecule has 6 nitrogen and oxygen atoms in total. The summed E-state index contributed by atoms with van der Waals surface area (Å²) >= 11 is 0. The van der Waals surface area contributed by atoms with E-state index in [1.54, 1.807) is 4.98 Å². The van der Waals surface area contributed by atoms with Crippen LogP contribution < -0.4 is 11.2 Å². The lowest BCUT2D eigenvalue weighted by Gasteiger charge is -1.86. The van der Waals surface area contributed by atoms with Crippen LogP contribution in [0.5, 0.6) is 0 Å². The monoisotopic (exact) mass is 129 g/mol. The molecule has 1 aromatic rings. The van der Waals surface area contributed by atoms with Gasteiger partial charge in [-0.2, -0.15) is 0 Å². The van der Waals surface area contributed by atoms with Crippen LogP contribution in [0.15, 0.2) is 15.8 Å². The summed E-state index contributed by atoms with van der Waals surface area (Å²) in [5.41, 5.74) is -1.58. The van der Waals surface area contributed by atoms with E-state index in [0.717, 1.165) is 6.20 Å². The van der Waals surface area contributed by atoms with Crippen molar-refractivity contribution in [3.8, 4) is 0 Å². The third-order valence-corrected chi connectivity index (χ3v) is 0.696. The van der Waals surface area contributed by atoms with Crippen LogP contribution >= 0.6 is 0 Å². The predicted octanol–water partition coefficient (Wildman–Crippen LogP) is -1.83. The first-order chi connectivity index (χ1) is 4.20. The number of hydrogen-bond acceptors (Lipinski definition) is 4. The average molecular weight is 129 g/mol. The van der Waals surface area contributed by atoms with E-state index >= 15 is 0 Å². The van der Waals surface area contributed by atoms with E-state index in [4.69, 9.17) is 5.21 Å². The SMILES string of the molecule is O=c1cnn(O)c(=O)[nH]1. The quantitative estimate of drug-likeness (QED) is 0.403. The molecule has 6 heteroatoms. The smallest absolute Gasteiger partial charge is 0.378 e. The Morgan fingerprint density at radius 2 is 2.33 bits per heavy atom. The minimum atomic E-state index is -0.942. The number of rotatable bonds is 0. The summed E-state index contributed by atoms with van der Waals surface area (Å²) in [5.74, 6) is 0. The van der Waals surface area contributed by atoms with Crippen LogP contribution in [0, 0.1) is 0 Å². The van der Waals surface area contributed by atoms with Crippen LogP contribution in [0.1, 0.15) is 0 Å². The van der Waals surface area contributed by atoms with Gasteiger partial charge in [0.25, 0.3) is 5.56 Å². The van der Waals surface area contributed by atoms with Crippen molar-refractivity contribution in [1.82, 2.24) is 14.9 Å². The minimum Gasteiger partial charge on any atom is -0.407 e. The van der Waals surface area contributed by atoms with Crippen molar-refractivity contribution in [3.63, 3.8) is 0 Å². The fourth-order valence-corrected chi connectivity index (χ4v) is 0.347. The van der Waals surface area contributed by atoms with Crippen LogP contribution in [0.4, 0.5) is 0 Å². The first-order valence-electron chi connectivity index (χ1n) is 2.08. The Bertz CT molecular complexity index is 311. The maximum Gasteiger partial charge on any atom is 0.378 e. The van der Waals surface area contributed by atoms with Crippen LogP contribution in [0.2, 0.25) is 0 Å². The Labute approximate surface area is 48.3 Å². The van der Waals surface area contributed by atoms with E-state index in [9.17, 15) is 9.59 Å². The van der Waals surface area contributed by atoms with Gasteiger partial charge in [0, 0.05) is 0 Å². The van der Waals surface area contributed by atoms with Gasteiger partial charge < -0.3 is 5.21 Å². The van der Waals surface area contributed by atoms with Crippen molar-refractivity contribution in [3.05, 3.63) is 27.0 Å². The van der Waals surface area contributed by atoms with Crippen LogP contribution in [-0.2, 0) is 0 Å². The second kappa shape index (κ2) is 1.73. The molecule has 0 aromatic carbocycles. The van der Waals surface area contributed by atoms with Gasteiger partial charge in [0.2, 0.25) is 0 Å². The summed E-state index contributed by atoms with van der Waals surface area (Å²) < 4.78 is 0. The number of aromatic nitrogens is 3. The van der Waals surface area contributed by atoms with Gasteiger partial charge in [0.15, 0.2) is 0 Å². The average Bonchev–Trinajstić information content (AvgIpc) is 1.80. The molecule has 0 saturated heterocycles. The third kappa shape index (κ3) is 0.958. The van der Waals surface area contributed by atoms with Crippen molar-refractivity contribution < 1.29 is 5.21 Å². The van der Waals surface area contributed by atoms with Crippen molar-refractivity contribution in [2.75, 3.05) is 0 Å². The highest BCUT2D eigenvalue weighted by atomic mass is 16.5. The number of hydrogen-bond donors (Lipinski definition) is 2. The number of aromatic amines is 1. The molecule has 0 fully saturated rings. The molecule has 0 atom stereocenters. The first kappa shape index (κ1) is 5.54.